The minimum absolute atomic E-state index is 0.0725. The zero-order chi connectivity index (χ0) is 10.0. The third kappa shape index (κ3) is 2.12. The van der Waals surface area contributed by atoms with Crippen LogP contribution in [0.3, 0.4) is 0 Å². The Morgan fingerprint density at radius 2 is 2.15 bits per heavy atom. The number of hydrogen-bond donors (Lipinski definition) is 0. The molecule has 1 aromatic rings. The number of aromatic nitrogens is 1. The second-order valence-corrected chi connectivity index (χ2v) is 2.82. The molecule has 13 heavy (non-hydrogen) atoms. The summed E-state index contributed by atoms with van der Waals surface area (Å²) in [6.45, 7) is 1.27. The minimum Gasteiger partial charge on any atom is -0.223 e. The average molecular weight is 210 g/mol. The Bertz CT molecular complexity index is 315. The molecule has 1 heterocycles. The molecule has 0 aromatic carbocycles. The molecule has 1 nitrogen and oxygen atoms in total. The zero-order valence-corrected chi connectivity index (χ0v) is 7.58. The van der Waals surface area contributed by atoms with E-state index in [1.807, 2.05) is 0 Å². The smallest absolute Gasteiger partial charge is 0.223 e. The van der Waals surface area contributed by atoms with Crippen molar-refractivity contribution < 1.29 is 13.2 Å². The van der Waals surface area contributed by atoms with Crippen LogP contribution in [0.25, 0.3) is 0 Å². The van der Waals surface area contributed by atoms with E-state index >= 15 is 0 Å². The predicted octanol–water partition coefficient (Wildman–Crippen LogP) is 3.21. The number of hydrogen-bond acceptors (Lipinski definition) is 1. The largest absolute Gasteiger partial charge is 0.264 e. The standard InChI is InChI=1S/C8H7ClF3N/c1-4-6(7(10)11)2-5(3-9)13-8(4)12/h2,7H,3H2,1H3. The fourth-order valence-electron chi connectivity index (χ4n) is 0.944. The first-order chi connectivity index (χ1) is 6.06. The number of rotatable bonds is 2. The van der Waals surface area contributed by atoms with E-state index in [9.17, 15) is 13.2 Å². The van der Waals surface area contributed by atoms with Gasteiger partial charge in [0.2, 0.25) is 5.95 Å². The van der Waals surface area contributed by atoms with Gasteiger partial charge in [0.05, 0.1) is 11.6 Å². The summed E-state index contributed by atoms with van der Waals surface area (Å²) in [4.78, 5) is 3.40. The maximum atomic E-state index is 12.9. The van der Waals surface area contributed by atoms with Crippen LogP contribution < -0.4 is 0 Å². The van der Waals surface area contributed by atoms with Crippen LogP contribution in [-0.4, -0.2) is 4.98 Å². The highest BCUT2D eigenvalue weighted by Gasteiger charge is 2.15. The van der Waals surface area contributed by atoms with E-state index in [1.54, 1.807) is 0 Å². The second kappa shape index (κ2) is 3.96. The molecule has 0 N–H and O–H groups in total. The predicted molar refractivity (Wildman–Crippen MR) is 43.4 cm³/mol. The van der Waals surface area contributed by atoms with E-state index in [0.717, 1.165) is 6.07 Å². The van der Waals surface area contributed by atoms with Crippen molar-refractivity contribution >= 4 is 11.6 Å². The molecule has 0 bridgehead atoms. The van der Waals surface area contributed by atoms with Crippen molar-refractivity contribution in [2.45, 2.75) is 19.2 Å². The number of nitrogens with zero attached hydrogens (tertiary/aromatic N) is 1. The Labute approximate surface area is 78.5 Å². The van der Waals surface area contributed by atoms with E-state index in [-0.39, 0.29) is 22.7 Å². The van der Waals surface area contributed by atoms with Crippen LogP contribution in [0.1, 0.15) is 23.2 Å². The van der Waals surface area contributed by atoms with Crippen LogP contribution in [0.15, 0.2) is 6.07 Å². The molecule has 0 aliphatic heterocycles. The summed E-state index contributed by atoms with van der Waals surface area (Å²) < 4.78 is 37.5. The summed E-state index contributed by atoms with van der Waals surface area (Å²) in [5.41, 5.74) is -0.341. The molecular formula is C8H7ClF3N. The molecule has 0 saturated heterocycles. The van der Waals surface area contributed by atoms with Gasteiger partial charge in [0.1, 0.15) is 0 Å². The summed E-state index contributed by atoms with van der Waals surface area (Å²) in [6, 6.07) is 1.12. The lowest BCUT2D eigenvalue weighted by Crippen LogP contribution is -2.00. The van der Waals surface area contributed by atoms with Crippen LogP contribution >= 0.6 is 11.6 Å². The number of alkyl halides is 3. The van der Waals surface area contributed by atoms with Crippen LogP contribution in [0.2, 0.25) is 0 Å². The SMILES string of the molecule is Cc1c(C(F)F)cc(CCl)nc1F. The fraction of sp³-hybridized carbons (Fsp3) is 0.375. The molecule has 72 valence electrons. The van der Waals surface area contributed by atoms with Gasteiger partial charge in [-0.1, -0.05) is 0 Å². The van der Waals surface area contributed by atoms with Gasteiger partial charge in [-0.3, -0.25) is 0 Å². The van der Waals surface area contributed by atoms with E-state index in [0.29, 0.717) is 0 Å². The Morgan fingerprint density at radius 1 is 1.54 bits per heavy atom. The molecule has 0 aliphatic carbocycles. The lowest BCUT2D eigenvalue weighted by atomic mass is 10.1. The van der Waals surface area contributed by atoms with Crippen molar-refractivity contribution in [3.63, 3.8) is 0 Å². The topological polar surface area (TPSA) is 12.9 Å². The first kappa shape index (κ1) is 10.3. The van der Waals surface area contributed by atoms with E-state index < -0.39 is 12.4 Å². The zero-order valence-electron chi connectivity index (χ0n) is 6.82. The third-order valence-corrected chi connectivity index (χ3v) is 1.95. The lowest BCUT2D eigenvalue weighted by Gasteiger charge is -2.06. The third-order valence-electron chi connectivity index (χ3n) is 1.68. The molecule has 0 unspecified atom stereocenters. The molecule has 0 fully saturated rings. The quantitative estimate of drug-likeness (QED) is 0.538. The van der Waals surface area contributed by atoms with Gasteiger partial charge in [0.25, 0.3) is 6.43 Å². The van der Waals surface area contributed by atoms with E-state index in [1.165, 1.54) is 6.92 Å². The molecule has 1 rings (SSSR count). The van der Waals surface area contributed by atoms with Crippen LogP contribution in [0.4, 0.5) is 13.2 Å². The summed E-state index contributed by atoms with van der Waals surface area (Å²) in [5, 5.41) is 0. The average Bonchev–Trinajstić information content (AvgIpc) is 2.09. The van der Waals surface area contributed by atoms with Gasteiger partial charge >= 0.3 is 0 Å². The van der Waals surface area contributed by atoms with Crippen molar-refractivity contribution in [1.29, 1.82) is 0 Å². The molecule has 1 aromatic heterocycles. The van der Waals surface area contributed by atoms with Gasteiger partial charge in [0.15, 0.2) is 0 Å². The van der Waals surface area contributed by atoms with Gasteiger partial charge < -0.3 is 0 Å². The minimum atomic E-state index is -2.69. The first-order valence-electron chi connectivity index (χ1n) is 3.56. The Kier molecular flexibility index (Phi) is 3.14. The van der Waals surface area contributed by atoms with Crippen molar-refractivity contribution in [3.05, 3.63) is 28.8 Å². The van der Waals surface area contributed by atoms with Gasteiger partial charge in [-0.25, -0.2) is 13.8 Å². The lowest BCUT2D eigenvalue weighted by molar-refractivity contribution is 0.149. The summed E-state index contributed by atoms with van der Waals surface area (Å²) in [5.74, 6) is -0.954. The van der Waals surface area contributed by atoms with Gasteiger partial charge in [-0.15, -0.1) is 11.6 Å². The van der Waals surface area contributed by atoms with Crippen LogP contribution in [-0.2, 0) is 5.88 Å². The highest BCUT2D eigenvalue weighted by Crippen LogP contribution is 2.24. The molecule has 0 amide bonds. The molecule has 0 spiro atoms. The Morgan fingerprint density at radius 3 is 2.62 bits per heavy atom. The van der Waals surface area contributed by atoms with Crippen LogP contribution in [0.5, 0.6) is 0 Å². The van der Waals surface area contributed by atoms with Gasteiger partial charge in [-0.2, -0.15) is 4.39 Å². The number of pyridine rings is 1. The summed E-state index contributed by atoms with van der Waals surface area (Å²) in [6.07, 6.45) is -2.69. The highest BCUT2D eigenvalue weighted by molar-refractivity contribution is 6.16. The fourth-order valence-corrected chi connectivity index (χ4v) is 1.08. The van der Waals surface area contributed by atoms with Gasteiger partial charge in [-0.05, 0) is 13.0 Å². The van der Waals surface area contributed by atoms with Crippen molar-refractivity contribution in [3.8, 4) is 0 Å². The van der Waals surface area contributed by atoms with Crippen molar-refractivity contribution in [1.82, 2.24) is 4.98 Å². The number of halogens is 4. The molecule has 5 heteroatoms. The van der Waals surface area contributed by atoms with E-state index in [4.69, 9.17) is 11.6 Å². The van der Waals surface area contributed by atoms with Crippen molar-refractivity contribution in [2.75, 3.05) is 0 Å². The first-order valence-corrected chi connectivity index (χ1v) is 4.09. The van der Waals surface area contributed by atoms with E-state index in [2.05, 4.69) is 4.98 Å². The molecule has 0 saturated carbocycles. The van der Waals surface area contributed by atoms with Crippen LogP contribution in [0, 0.1) is 12.9 Å². The Balaban J connectivity index is 3.25. The molecular weight excluding hydrogens is 203 g/mol. The maximum absolute atomic E-state index is 12.9. The molecule has 0 atom stereocenters. The summed E-state index contributed by atoms with van der Waals surface area (Å²) in [7, 11) is 0. The van der Waals surface area contributed by atoms with Gasteiger partial charge in [0, 0.05) is 11.1 Å². The Hall–Kier alpha value is -0.770. The second-order valence-electron chi connectivity index (χ2n) is 2.55. The molecule has 0 radical (unpaired) electrons. The van der Waals surface area contributed by atoms with Crippen molar-refractivity contribution in [2.24, 2.45) is 0 Å². The molecule has 0 aliphatic rings. The monoisotopic (exact) mass is 209 g/mol. The summed E-state index contributed by atoms with van der Waals surface area (Å²) >= 11 is 5.35. The normalized spacial score (nSPS) is 10.9. The maximum Gasteiger partial charge on any atom is 0.264 e. The highest BCUT2D eigenvalue weighted by atomic mass is 35.5.